The monoisotopic (exact) mass is 478 g/mol. The molecule has 3 aliphatic rings. The number of pyridine rings is 1. The van der Waals surface area contributed by atoms with E-state index in [1.165, 1.54) is 0 Å². The highest BCUT2D eigenvalue weighted by molar-refractivity contribution is 6.00. The minimum absolute atomic E-state index is 0.0973. The van der Waals surface area contributed by atoms with Gasteiger partial charge in [0.05, 0.1) is 25.9 Å². The van der Waals surface area contributed by atoms with Gasteiger partial charge in [-0.05, 0) is 48.9 Å². The van der Waals surface area contributed by atoms with Gasteiger partial charge < -0.3 is 24.6 Å². The first-order valence-electron chi connectivity index (χ1n) is 12.7. The Morgan fingerprint density at radius 2 is 1.91 bits per heavy atom. The molecule has 0 spiro atoms. The number of rotatable bonds is 6. The van der Waals surface area contributed by atoms with Crippen LogP contribution >= 0.6 is 0 Å². The summed E-state index contributed by atoms with van der Waals surface area (Å²) in [7, 11) is 1.57. The van der Waals surface area contributed by atoms with Gasteiger partial charge in [0.25, 0.3) is 5.91 Å². The fourth-order valence-electron chi connectivity index (χ4n) is 5.75. The number of anilines is 1. The number of likely N-dealkylation sites (tertiary alicyclic amines) is 1. The van der Waals surface area contributed by atoms with Crippen molar-refractivity contribution >= 4 is 17.6 Å². The highest BCUT2D eigenvalue weighted by atomic mass is 16.5. The molecule has 3 fully saturated rings. The van der Waals surface area contributed by atoms with E-state index in [1.807, 2.05) is 35.4 Å². The van der Waals surface area contributed by atoms with Crippen LogP contribution in [0.3, 0.4) is 0 Å². The predicted octanol–water partition coefficient (Wildman–Crippen LogP) is 3.02. The van der Waals surface area contributed by atoms with Gasteiger partial charge in [0, 0.05) is 31.9 Å². The summed E-state index contributed by atoms with van der Waals surface area (Å²) in [5.41, 5.74) is 1.45. The number of methoxy groups -OCH3 is 1. The molecule has 8 nitrogen and oxygen atoms in total. The number of nitrogens with one attached hydrogen (secondary N) is 1. The number of hydrogen-bond acceptors (Lipinski definition) is 6. The minimum Gasteiger partial charge on any atom is -0.496 e. The summed E-state index contributed by atoms with van der Waals surface area (Å²) >= 11 is 0. The number of hydrogen-bond donors (Lipinski definition) is 1. The molecule has 2 aliphatic heterocycles. The Morgan fingerprint density at radius 3 is 2.69 bits per heavy atom. The molecule has 1 aromatic carbocycles. The van der Waals surface area contributed by atoms with Gasteiger partial charge in [-0.2, -0.15) is 0 Å². The number of amides is 2. The predicted molar refractivity (Wildman–Crippen MR) is 132 cm³/mol. The summed E-state index contributed by atoms with van der Waals surface area (Å²) in [5, 5.41) is 3.08. The summed E-state index contributed by atoms with van der Waals surface area (Å²) < 4.78 is 10.9. The van der Waals surface area contributed by atoms with Crippen molar-refractivity contribution in [3.63, 3.8) is 0 Å². The number of nitrogens with zero attached hydrogens (tertiary/aromatic N) is 3. The average Bonchev–Trinajstić information content (AvgIpc) is 3.32. The molecule has 5 rings (SSSR count). The van der Waals surface area contributed by atoms with Crippen LogP contribution in [-0.2, 0) is 16.1 Å². The summed E-state index contributed by atoms with van der Waals surface area (Å²) in [5.74, 6) is 1.63. The second kappa shape index (κ2) is 10.6. The molecule has 2 saturated heterocycles. The molecule has 2 aromatic rings. The molecule has 186 valence electrons. The van der Waals surface area contributed by atoms with Gasteiger partial charge in [-0.3, -0.25) is 9.59 Å². The number of ether oxygens (including phenoxy) is 2. The third-order valence-electron chi connectivity index (χ3n) is 7.57. The Balaban J connectivity index is 1.28. The molecule has 1 aromatic heterocycles. The number of aromatic nitrogens is 1. The molecule has 3 heterocycles. The standard InChI is InChI=1S/C27H34N4O4/c1-34-24-9-5-3-7-21(24)27(33)31-22-8-4-2-6-20(22)16-23(31)26(32)29-18-19-10-11-25(28-17-19)30-12-14-35-15-13-30/h3,5,7,9-11,17,20,22-23H,2,4,6,8,12-16,18H2,1H3,(H,29,32). The maximum Gasteiger partial charge on any atom is 0.258 e. The van der Waals surface area contributed by atoms with Crippen LogP contribution in [0.25, 0.3) is 0 Å². The van der Waals surface area contributed by atoms with Crippen molar-refractivity contribution in [1.29, 1.82) is 0 Å². The summed E-state index contributed by atoms with van der Waals surface area (Å²) in [6, 6.07) is 10.9. The molecule has 3 unspecified atom stereocenters. The molecule has 1 N–H and O–H groups in total. The number of morpholine rings is 1. The van der Waals surface area contributed by atoms with Crippen LogP contribution in [0.4, 0.5) is 5.82 Å². The topological polar surface area (TPSA) is 84.0 Å². The van der Waals surface area contributed by atoms with Crippen LogP contribution in [0.1, 0.15) is 48.0 Å². The molecule has 1 saturated carbocycles. The van der Waals surface area contributed by atoms with Crippen molar-refractivity contribution in [3.8, 4) is 5.75 Å². The van der Waals surface area contributed by atoms with E-state index in [0.717, 1.165) is 50.2 Å². The van der Waals surface area contributed by atoms with E-state index < -0.39 is 6.04 Å². The number of para-hydroxylation sites is 1. The number of carbonyl (C=O) groups excluding carboxylic acids is 2. The average molecular weight is 479 g/mol. The van der Waals surface area contributed by atoms with E-state index >= 15 is 0 Å². The third-order valence-corrected chi connectivity index (χ3v) is 7.57. The Kier molecular flexibility index (Phi) is 7.18. The van der Waals surface area contributed by atoms with Gasteiger partial charge in [-0.25, -0.2) is 4.98 Å². The van der Waals surface area contributed by atoms with Crippen LogP contribution in [-0.4, -0.2) is 67.2 Å². The zero-order valence-corrected chi connectivity index (χ0v) is 20.3. The SMILES string of the molecule is COc1ccccc1C(=O)N1C(C(=O)NCc2ccc(N3CCOCC3)nc2)CC2CCCCC21. The van der Waals surface area contributed by atoms with Crippen molar-refractivity contribution in [3.05, 3.63) is 53.7 Å². The first-order chi connectivity index (χ1) is 17.2. The molecule has 0 bridgehead atoms. The van der Waals surface area contributed by atoms with Crippen molar-refractivity contribution < 1.29 is 19.1 Å². The Hall–Kier alpha value is -3.13. The zero-order valence-electron chi connectivity index (χ0n) is 20.3. The molecule has 8 heteroatoms. The fraction of sp³-hybridized carbons (Fsp3) is 0.519. The van der Waals surface area contributed by atoms with Crippen molar-refractivity contribution in [2.75, 3.05) is 38.3 Å². The van der Waals surface area contributed by atoms with E-state index in [0.29, 0.717) is 43.4 Å². The Labute approximate surface area is 206 Å². The quantitative estimate of drug-likeness (QED) is 0.687. The Morgan fingerprint density at radius 1 is 1.11 bits per heavy atom. The summed E-state index contributed by atoms with van der Waals surface area (Å²) in [4.78, 5) is 35.7. The van der Waals surface area contributed by atoms with Gasteiger partial charge in [0.2, 0.25) is 5.91 Å². The minimum atomic E-state index is -0.471. The number of fused-ring (bicyclic) bond motifs is 1. The normalized spacial score (nSPS) is 24.1. The lowest BCUT2D eigenvalue weighted by Gasteiger charge is -2.34. The third kappa shape index (κ3) is 4.98. The molecular formula is C27H34N4O4. The van der Waals surface area contributed by atoms with Crippen LogP contribution in [0.15, 0.2) is 42.6 Å². The first kappa shape index (κ1) is 23.6. The molecule has 0 radical (unpaired) electrons. The van der Waals surface area contributed by atoms with E-state index in [-0.39, 0.29) is 17.9 Å². The lowest BCUT2D eigenvalue weighted by atomic mass is 9.84. The van der Waals surface area contributed by atoms with Crippen molar-refractivity contribution in [1.82, 2.24) is 15.2 Å². The molecule has 2 amide bonds. The van der Waals surface area contributed by atoms with Gasteiger partial charge in [0.1, 0.15) is 17.6 Å². The van der Waals surface area contributed by atoms with E-state index in [1.54, 1.807) is 19.2 Å². The molecular weight excluding hydrogens is 444 g/mol. The number of benzene rings is 1. The van der Waals surface area contributed by atoms with Crippen LogP contribution in [0.2, 0.25) is 0 Å². The number of carbonyl (C=O) groups is 2. The largest absolute Gasteiger partial charge is 0.496 e. The maximum absolute atomic E-state index is 13.7. The lowest BCUT2D eigenvalue weighted by Crippen LogP contribution is -2.49. The van der Waals surface area contributed by atoms with Crippen LogP contribution < -0.4 is 15.0 Å². The highest BCUT2D eigenvalue weighted by Crippen LogP contribution is 2.41. The highest BCUT2D eigenvalue weighted by Gasteiger charge is 2.47. The van der Waals surface area contributed by atoms with Gasteiger partial charge >= 0.3 is 0 Å². The van der Waals surface area contributed by atoms with Gasteiger partial charge in [-0.15, -0.1) is 0 Å². The van der Waals surface area contributed by atoms with E-state index in [2.05, 4.69) is 15.2 Å². The summed E-state index contributed by atoms with van der Waals surface area (Å²) in [6.45, 7) is 3.49. The van der Waals surface area contributed by atoms with Crippen molar-refractivity contribution in [2.24, 2.45) is 5.92 Å². The van der Waals surface area contributed by atoms with Crippen LogP contribution in [0, 0.1) is 5.92 Å². The smallest absolute Gasteiger partial charge is 0.258 e. The van der Waals surface area contributed by atoms with E-state index in [4.69, 9.17) is 9.47 Å². The fourth-order valence-corrected chi connectivity index (χ4v) is 5.75. The molecule has 35 heavy (non-hydrogen) atoms. The molecule has 3 atom stereocenters. The second-order valence-corrected chi connectivity index (χ2v) is 9.62. The van der Waals surface area contributed by atoms with Crippen LogP contribution in [0.5, 0.6) is 5.75 Å². The van der Waals surface area contributed by atoms with Gasteiger partial charge in [0.15, 0.2) is 0 Å². The molecule has 1 aliphatic carbocycles. The first-order valence-corrected chi connectivity index (χ1v) is 12.7. The zero-order chi connectivity index (χ0) is 24.2. The lowest BCUT2D eigenvalue weighted by molar-refractivity contribution is -0.125. The van der Waals surface area contributed by atoms with Crippen molar-refractivity contribution in [2.45, 2.75) is 50.7 Å². The van der Waals surface area contributed by atoms with E-state index in [9.17, 15) is 9.59 Å². The maximum atomic E-state index is 13.7. The Bertz CT molecular complexity index is 1040. The second-order valence-electron chi connectivity index (χ2n) is 9.62. The van der Waals surface area contributed by atoms with Gasteiger partial charge in [-0.1, -0.05) is 31.0 Å². The summed E-state index contributed by atoms with van der Waals surface area (Å²) in [6.07, 6.45) is 6.79.